The summed E-state index contributed by atoms with van der Waals surface area (Å²) in [5.74, 6) is -2.18. The van der Waals surface area contributed by atoms with Crippen LogP contribution < -0.4 is 20.8 Å². The Labute approximate surface area is 244 Å². The minimum Gasteiger partial charge on any atom is -0.409 e. The van der Waals surface area contributed by atoms with Gasteiger partial charge in [-0.15, -0.1) is 0 Å². The van der Waals surface area contributed by atoms with Crippen molar-refractivity contribution in [3.63, 3.8) is 0 Å². The number of ketones is 3. The Morgan fingerprint density at radius 1 is 0.810 bits per heavy atom. The van der Waals surface area contributed by atoms with Gasteiger partial charge in [0.2, 0.25) is 0 Å². The standard InChI is InChI=1S/C21H20N2O3.C11H14N2O3/c22-16-6-4-5-15-17(16)21(26)18(20(15)25)19(24)13-7-9-14(10-8-13)23-11-2-1-3-12-23;14-11(12-13-6-8-15-9-7-13)16-10-4-2-1-3-5-10/h4-10,18H,1-3,11-12,22H2;1-5H,6-9H2,(H,12,14). The van der Waals surface area contributed by atoms with E-state index in [0.29, 0.717) is 37.6 Å². The van der Waals surface area contributed by atoms with E-state index in [4.69, 9.17) is 15.2 Å². The number of carbonyl (C=O) groups is 4. The number of fused-ring (bicyclic) bond motifs is 1. The molecule has 0 radical (unpaired) electrons. The van der Waals surface area contributed by atoms with Gasteiger partial charge in [-0.2, -0.15) is 0 Å². The molecule has 3 N–H and O–H groups in total. The van der Waals surface area contributed by atoms with E-state index < -0.39 is 29.4 Å². The van der Waals surface area contributed by atoms with E-state index in [1.807, 2.05) is 30.3 Å². The smallest absolute Gasteiger partial charge is 0.409 e. The van der Waals surface area contributed by atoms with Gasteiger partial charge in [-0.05, 0) is 61.7 Å². The number of hydrogen-bond donors (Lipinski definition) is 2. The monoisotopic (exact) mass is 570 g/mol. The number of rotatable bonds is 5. The first kappa shape index (κ1) is 29.0. The number of nitrogens with one attached hydrogen (secondary N) is 1. The molecule has 1 atom stereocenters. The van der Waals surface area contributed by atoms with Crippen LogP contribution in [0, 0.1) is 5.92 Å². The Kier molecular flexibility index (Phi) is 9.25. The lowest BCUT2D eigenvalue weighted by Gasteiger charge is -2.28. The van der Waals surface area contributed by atoms with Gasteiger partial charge in [0.15, 0.2) is 17.3 Å². The second-order valence-corrected chi connectivity index (χ2v) is 10.3. The molecule has 42 heavy (non-hydrogen) atoms. The third-order valence-electron chi connectivity index (χ3n) is 7.48. The van der Waals surface area contributed by atoms with Gasteiger partial charge in [-0.3, -0.25) is 19.8 Å². The molecule has 10 nitrogen and oxygen atoms in total. The van der Waals surface area contributed by atoms with Crippen LogP contribution >= 0.6 is 0 Å². The number of nitrogens with two attached hydrogens (primary N) is 1. The fraction of sp³-hybridized carbons (Fsp3) is 0.312. The van der Waals surface area contributed by atoms with Crippen molar-refractivity contribution in [3.05, 3.63) is 89.5 Å². The average molecular weight is 571 g/mol. The Morgan fingerprint density at radius 2 is 1.50 bits per heavy atom. The number of para-hydroxylation sites is 1. The molecule has 0 aromatic heterocycles. The topological polar surface area (TPSA) is 131 Å². The molecule has 2 fully saturated rings. The third-order valence-corrected chi connectivity index (χ3v) is 7.48. The van der Waals surface area contributed by atoms with Crippen LogP contribution in [0.1, 0.15) is 50.3 Å². The van der Waals surface area contributed by atoms with Gasteiger partial charge in [0, 0.05) is 48.7 Å². The van der Waals surface area contributed by atoms with Crippen LogP contribution in [0.25, 0.3) is 0 Å². The molecule has 1 unspecified atom stereocenters. The molecule has 0 bridgehead atoms. The number of piperidine rings is 1. The zero-order chi connectivity index (χ0) is 29.5. The first-order valence-electron chi connectivity index (χ1n) is 14.1. The van der Waals surface area contributed by atoms with Crippen molar-refractivity contribution < 1.29 is 28.7 Å². The van der Waals surface area contributed by atoms with Gasteiger partial charge in [-0.25, -0.2) is 9.80 Å². The molecular formula is C32H34N4O6. The number of amides is 1. The molecular weight excluding hydrogens is 536 g/mol. The minimum absolute atomic E-state index is 0.181. The summed E-state index contributed by atoms with van der Waals surface area (Å²) in [5.41, 5.74) is 10.6. The lowest BCUT2D eigenvalue weighted by Crippen LogP contribution is -2.49. The first-order chi connectivity index (χ1) is 20.4. The normalized spacial score (nSPS) is 18.5. The molecule has 1 amide bonds. The Balaban J connectivity index is 0.000000189. The van der Waals surface area contributed by atoms with Crippen molar-refractivity contribution in [1.29, 1.82) is 0 Å². The predicted octanol–water partition coefficient (Wildman–Crippen LogP) is 4.16. The fourth-order valence-corrected chi connectivity index (χ4v) is 5.29. The number of benzene rings is 3. The van der Waals surface area contributed by atoms with Crippen molar-refractivity contribution in [2.75, 3.05) is 50.0 Å². The number of Topliss-reactive ketones (excluding diaryl/α,β-unsaturated/α-hetero) is 3. The number of nitrogens with zero attached hydrogens (tertiary/aromatic N) is 2. The van der Waals surface area contributed by atoms with Crippen molar-refractivity contribution in [2.24, 2.45) is 5.92 Å². The highest BCUT2D eigenvalue weighted by atomic mass is 16.6. The van der Waals surface area contributed by atoms with Gasteiger partial charge in [0.1, 0.15) is 11.7 Å². The van der Waals surface area contributed by atoms with Crippen LogP contribution in [0.3, 0.4) is 0 Å². The van der Waals surface area contributed by atoms with E-state index in [1.54, 1.807) is 47.5 Å². The van der Waals surface area contributed by atoms with Crippen molar-refractivity contribution >= 4 is 34.8 Å². The SMILES string of the molecule is Nc1cccc2c1C(=O)C(C(=O)c1ccc(N3CCCCC3)cc1)C2=O.O=C(NN1CCOCC1)Oc1ccccc1. The summed E-state index contributed by atoms with van der Waals surface area (Å²) in [6, 6.07) is 20.9. The quantitative estimate of drug-likeness (QED) is 0.264. The summed E-state index contributed by atoms with van der Waals surface area (Å²) in [6.07, 6.45) is 3.13. The van der Waals surface area contributed by atoms with Crippen molar-refractivity contribution in [2.45, 2.75) is 19.3 Å². The van der Waals surface area contributed by atoms with E-state index in [1.165, 1.54) is 19.3 Å². The van der Waals surface area contributed by atoms with E-state index in [9.17, 15) is 19.2 Å². The van der Waals surface area contributed by atoms with Crippen LogP contribution in [0.4, 0.5) is 16.2 Å². The largest absolute Gasteiger partial charge is 0.427 e. The Hall–Kier alpha value is -4.54. The number of ether oxygens (including phenoxy) is 2. The Bertz CT molecular complexity index is 1430. The highest BCUT2D eigenvalue weighted by Crippen LogP contribution is 2.33. The van der Waals surface area contributed by atoms with Crippen molar-refractivity contribution in [1.82, 2.24) is 10.4 Å². The summed E-state index contributed by atoms with van der Waals surface area (Å²) in [7, 11) is 0. The predicted molar refractivity (Wildman–Crippen MR) is 158 cm³/mol. The molecule has 2 aliphatic heterocycles. The Morgan fingerprint density at radius 3 is 2.17 bits per heavy atom. The number of morpholine rings is 1. The molecule has 0 saturated carbocycles. The van der Waals surface area contributed by atoms with E-state index in [-0.39, 0.29) is 16.8 Å². The highest BCUT2D eigenvalue weighted by molar-refractivity contribution is 6.39. The molecule has 2 heterocycles. The molecule has 218 valence electrons. The number of hydrazine groups is 1. The van der Waals surface area contributed by atoms with Crippen LogP contribution in [-0.4, -0.2) is 67.8 Å². The summed E-state index contributed by atoms with van der Waals surface area (Å²) in [6.45, 7) is 4.66. The molecule has 10 heteroatoms. The maximum atomic E-state index is 12.8. The van der Waals surface area contributed by atoms with Crippen LogP contribution in [0.2, 0.25) is 0 Å². The summed E-state index contributed by atoms with van der Waals surface area (Å²) in [5, 5.41) is 1.79. The summed E-state index contributed by atoms with van der Waals surface area (Å²) in [4.78, 5) is 51.8. The maximum Gasteiger partial charge on any atom is 0.427 e. The number of nitrogen functional groups attached to an aromatic ring is 1. The summed E-state index contributed by atoms with van der Waals surface area (Å²) >= 11 is 0. The average Bonchev–Trinajstić information content (AvgIpc) is 3.28. The van der Waals surface area contributed by atoms with E-state index in [2.05, 4.69) is 10.3 Å². The molecule has 6 rings (SSSR count). The van der Waals surface area contributed by atoms with Crippen LogP contribution in [0.5, 0.6) is 5.75 Å². The first-order valence-corrected chi connectivity index (χ1v) is 14.1. The van der Waals surface area contributed by atoms with E-state index in [0.717, 1.165) is 18.8 Å². The van der Waals surface area contributed by atoms with Gasteiger partial charge in [-0.1, -0.05) is 30.3 Å². The molecule has 3 aromatic rings. The fourth-order valence-electron chi connectivity index (χ4n) is 5.29. The zero-order valence-corrected chi connectivity index (χ0v) is 23.3. The van der Waals surface area contributed by atoms with E-state index >= 15 is 0 Å². The van der Waals surface area contributed by atoms with Gasteiger partial charge in [0.05, 0.1) is 18.8 Å². The number of anilines is 2. The molecule has 3 aliphatic rings. The molecule has 2 saturated heterocycles. The van der Waals surface area contributed by atoms with Gasteiger partial charge < -0.3 is 20.1 Å². The minimum atomic E-state index is -1.31. The maximum absolute atomic E-state index is 12.8. The van der Waals surface area contributed by atoms with Crippen molar-refractivity contribution in [3.8, 4) is 5.75 Å². The summed E-state index contributed by atoms with van der Waals surface area (Å²) < 4.78 is 10.3. The zero-order valence-electron chi connectivity index (χ0n) is 23.3. The second kappa shape index (κ2) is 13.4. The van der Waals surface area contributed by atoms with Crippen LogP contribution in [-0.2, 0) is 4.74 Å². The van der Waals surface area contributed by atoms with Gasteiger partial charge in [0.25, 0.3) is 0 Å². The van der Waals surface area contributed by atoms with Gasteiger partial charge >= 0.3 is 6.09 Å². The molecule has 0 spiro atoms. The second-order valence-electron chi connectivity index (χ2n) is 10.3. The molecule has 1 aliphatic carbocycles. The highest BCUT2D eigenvalue weighted by Gasteiger charge is 2.44. The lowest BCUT2D eigenvalue weighted by atomic mass is 9.93. The third kappa shape index (κ3) is 6.67. The lowest BCUT2D eigenvalue weighted by molar-refractivity contribution is 0.0153. The number of carbonyl (C=O) groups excluding carboxylic acids is 4. The van der Waals surface area contributed by atoms with Crippen LogP contribution in [0.15, 0.2) is 72.8 Å². The number of hydrogen-bond acceptors (Lipinski definition) is 9. The molecule has 3 aromatic carbocycles.